The van der Waals surface area contributed by atoms with Crippen molar-refractivity contribution in [1.29, 1.82) is 0 Å². The predicted octanol–water partition coefficient (Wildman–Crippen LogP) is 9.24. The number of fused-ring (bicyclic) bond motifs is 1. The number of carbonyl (C=O) groups excluding carboxylic acids is 4. The van der Waals surface area contributed by atoms with Gasteiger partial charge in [0, 0.05) is 112 Å². The standard InChI is InChI=1S/C65H79N7O10S/c1-8-70(50-22-28-80-29-23-50)56-32-49(31-54(43(56)6)61(74)67-36-55-41(4)30-42(5)69-62(55)75)45-18-20-52(21-19-45)81-26-12-11-24-79-25-13-27-82-58-33-46(60-44(7)68-39-83-60)16-17-47(58)35-66-63(76)57-34-51(73)38-71(57)65(78)59(40(2)3)72-37-48-14-9-10-15-53(48)64(72)77/h9-10,14-21,30-33,39-40,50-51,57,59,73H,8,11-13,22-29,34-38H2,1-7H3,(H,66,76)(H,67,74)(H,69,75)/t51-,57+,59?/m1/s1. The van der Waals surface area contributed by atoms with Crippen molar-refractivity contribution >= 4 is 40.7 Å². The van der Waals surface area contributed by atoms with Crippen molar-refractivity contribution in [2.45, 2.75) is 131 Å². The van der Waals surface area contributed by atoms with Gasteiger partial charge in [-0.05, 0) is 142 Å². The van der Waals surface area contributed by atoms with Gasteiger partial charge in [-0.25, -0.2) is 4.98 Å². The van der Waals surface area contributed by atoms with E-state index in [1.54, 1.807) is 22.3 Å². The number of nitrogens with one attached hydrogen (secondary N) is 3. The lowest BCUT2D eigenvalue weighted by Crippen LogP contribution is -2.55. The molecule has 17 nitrogen and oxygen atoms in total. The smallest absolute Gasteiger partial charge is 0.255 e. The minimum Gasteiger partial charge on any atom is -0.494 e. The maximum Gasteiger partial charge on any atom is 0.255 e. The summed E-state index contributed by atoms with van der Waals surface area (Å²) >= 11 is 1.54. The number of benzene rings is 4. The molecule has 3 aliphatic rings. The predicted molar refractivity (Wildman–Crippen MR) is 322 cm³/mol. The second-order valence-corrected chi connectivity index (χ2v) is 23.2. The number of rotatable bonds is 25. The van der Waals surface area contributed by atoms with Gasteiger partial charge in [0.15, 0.2) is 0 Å². The first-order chi connectivity index (χ1) is 40.1. The highest BCUT2D eigenvalue weighted by atomic mass is 32.1. The maximum atomic E-state index is 14.3. The minimum atomic E-state index is -0.911. The average molecular weight is 1150 g/mol. The Morgan fingerprint density at radius 2 is 1.59 bits per heavy atom. The van der Waals surface area contributed by atoms with Crippen molar-refractivity contribution in [3.63, 3.8) is 0 Å². The van der Waals surface area contributed by atoms with E-state index in [0.29, 0.717) is 75.0 Å². The number of ether oxygens (including phenoxy) is 4. The summed E-state index contributed by atoms with van der Waals surface area (Å²) < 4.78 is 24.3. The first kappa shape index (κ1) is 60.2. The van der Waals surface area contributed by atoms with Crippen molar-refractivity contribution in [1.82, 2.24) is 30.4 Å². The van der Waals surface area contributed by atoms with Gasteiger partial charge in [0.25, 0.3) is 17.4 Å². The molecular formula is C65H79N7O10S. The molecular weight excluding hydrogens is 1070 g/mol. The molecule has 0 aliphatic carbocycles. The first-order valence-corrected chi connectivity index (χ1v) is 30.1. The van der Waals surface area contributed by atoms with Gasteiger partial charge < -0.3 is 54.4 Å². The van der Waals surface area contributed by atoms with Crippen LogP contribution in [0, 0.1) is 33.6 Å². The van der Waals surface area contributed by atoms with Gasteiger partial charge in [-0.1, -0.05) is 56.3 Å². The van der Waals surface area contributed by atoms with Gasteiger partial charge in [-0.15, -0.1) is 11.3 Å². The van der Waals surface area contributed by atoms with Crippen LogP contribution in [0.2, 0.25) is 0 Å². The highest BCUT2D eigenvalue weighted by molar-refractivity contribution is 7.13. The number of H-pyrrole nitrogens is 1. The van der Waals surface area contributed by atoms with Crippen LogP contribution in [0.5, 0.6) is 11.5 Å². The summed E-state index contributed by atoms with van der Waals surface area (Å²) in [5.41, 5.74) is 12.1. The molecule has 6 aromatic rings. The SMILES string of the molecule is CCN(c1cc(-c2ccc(OCCCCOCCCOc3cc(-c4scnc4C)ccc3CNC(=O)[C@@H]3C[C@@H](O)CN3C(=O)C(C(C)C)N3Cc4ccccc4C3=O)cc2)cc(C(=O)NCc2c(C)cc(C)[nH]c2=O)c1C)C1CCOCC1. The van der Waals surface area contributed by atoms with Gasteiger partial charge in [0.2, 0.25) is 11.8 Å². The Labute approximate surface area is 490 Å². The lowest BCUT2D eigenvalue weighted by Gasteiger charge is -2.37. The zero-order chi connectivity index (χ0) is 58.7. The van der Waals surface area contributed by atoms with Crippen LogP contribution >= 0.6 is 11.3 Å². The van der Waals surface area contributed by atoms with Crippen LogP contribution in [0.4, 0.5) is 5.69 Å². The summed E-state index contributed by atoms with van der Waals surface area (Å²) in [4.78, 5) is 82.4. The lowest BCUT2D eigenvalue weighted by atomic mass is 9.95. The van der Waals surface area contributed by atoms with Gasteiger partial charge in [0.1, 0.15) is 23.6 Å². The van der Waals surface area contributed by atoms with E-state index in [1.165, 1.54) is 4.90 Å². The van der Waals surface area contributed by atoms with E-state index < -0.39 is 18.2 Å². The van der Waals surface area contributed by atoms with E-state index in [-0.39, 0.29) is 67.2 Å². The third-order valence-electron chi connectivity index (χ3n) is 16.1. The summed E-state index contributed by atoms with van der Waals surface area (Å²) in [6.45, 7) is 18.3. The highest BCUT2D eigenvalue weighted by Crippen LogP contribution is 2.36. The molecule has 3 aliphatic heterocycles. The van der Waals surface area contributed by atoms with E-state index in [9.17, 15) is 29.1 Å². The number of aryl methyl sites for hydroxylation is 3. The Bertz CT molecular complexity index is 3320. The summed E-state index contributed by atoms with van der Waals surface area (Å²) in [5, 5.41) is 16.9. The Morgan fingerprint density at radius 1 is 0.855 bits per heavy atom. The number of aromatic amines is 1. The van der Waals surface area contributed by atoms with Crippen LogP contribution in [0.3, 0.4) is 0 Å². The number of nitrogens with zero attached hydrogens (tertiary/aromatic N) is 4. The number of aliphatic hydroxyl groups is 1. The summed E-state index contributed by atoms with van der Waals surface area (Å²) in [6, 6.07) is 25.8. The Hall–Kier alpha value is -7.38. The van der Waals surface area contributed by atoms with Gasteiger partial charge >= 0.3 is 0 Å². The zero-order valence-corrected chi connectivity index (χ0v) is 49.7. The molecule has 0 saturated carbocycles. The van der Waals surface area contributed by atoms with E-state index in [2.05, 4.69) is 38.5 Å². The molecule has 0 radical (unpaired) electrons. The fraction of sp³-hybridized carbons (Fsp3) is 0.446. The summed E-state index contributed by atoms with van der Waals surface area (Å²) in [5.74, 6) is -0.0656. The number of carbonyl (C=O) groups is 4. The number of unbranched alkanes of at least 4 members (excludes halogenated alkanes) is 1. The Kier molecular flexibility index (Phi) is 20.2. The number of hydrogen-bond acceptors (Lipinski definition) is 13. The molecule has 83 heavy (non-hydrogen) atoms. The van der Waals surface area contributed by atoms with Crippen LogP contribution < -0.4 is 30.6 Å². The van der Waals surface area contributed by atoms with Crippen LogP contribution in [0.25, 0.3) is 21.6 Å². The number of likely N-dealkylation sites (tertiary alicyclic amines) is 1. The van der Waals surface area contributed by atoms with E-state index in [4.69, 9.17) is 18.9 Å². The van der Waals surface area contributed by atoms with E-state index >= 15 is 0 Å². The number of hydrogen-bond donors (Lipinski definition) is 4. The number of pyridine rings is 1. The monoisotopic (exact) mass is 1150 g/mol. The van der Waals surface area contributed by atoms with Crippen molar-refractivity contribution in [3.8, 4) is 33.1 Å². The first-order valence-electron chi connectivity index (χ1n) is 29.2. The topological polar surface area (TPSA) is 205 Å². The molecule has 4 N–H and O–H groups in total. The summed E-state index contributed by atoms with van der Waals surface area (Å²) in [6.07, 6.45) is 3.25. The quantitative estimate of drug-likeness (QED) is 0.0396. The number of amides is 4. The third kappa shape index (κ3) is 14.3. The minimum absolute atomic E-state index is 0.000633. The molecule has 18 heteroatoms. The summed E-state index contributed by atoms with van der Waals surface area (Å²) in [7, 11) is 0. The van der Waals surface area contributed by atoms with Gasteiger partial charge in [0.05, 0.1) is 35.4 Å². The molecule has 4 aromatic carbocycles. The molecule has 9 rings (SSSR count). The zero-order valence-electron chi connectivity index (χ0n) is 48.9. The van der Waals surface area contributed by atoms with Crippen LogP contribution in [0.1, 0.15) is 119 Å². The second kappa shape index (κ2) is 27.8. The molecule has 2 aromatic heterocycles. The number of aromatic nitrogens is 2. The number of β-amino-alcohol motifs (C(OH)–C–C–N with tert-alkyl or cyclic N) is 1. The lowest BCUT2D eigenvalue weighted by molar-refractivity contribution is -0.143. The van der Waals surface area contributed by atoms with Gasteiger partial charge in [-0.3, -0.25) is 24.0 Å². The molecule has 3 atom stereocenters. The number of aliphatic hydroxyl groups excluding tert-OH is 1. The maximum absolute atomic E-state index is 14.3. The number of thiazole rings is 1. The fourth-order valence-electron chi connectivity index (χ4n) is 11.7. The van der Waals surface area contributed by atoms with Crippen molar-refractivity contribution in [2.24, 2.45) is 5.92 Å². The second-order valence-electron chi connectivity index (χ2n) is 22.3. The molecule has 0 spiro atoms. The molecule has 4 amide bonds. The van der Waals surface area contributed by atoms with E-state index in [0.717, 1.165) is 98.9 Å². The Morgan fingerprint density at radius 3 is 2.31 bits per heavy atom. The third-order valence-corrected chi connectivity index (χ3v) is 17.1. The van der Waals surface area contributed by atoms with Crippen molar-refractivity contribution in [2.75, 3.05) is 57.6 Å². The largest absolute Gasteiger partial charge is 0.494 e. The molecule has 1 unspecified atom stereocenters. The molecule has 5 heterocycles. The van der Waals surface area contributed by atoms with Gasteiger partial charge in [-0.2, -0.15) is 0 Å². The molecule has 2 saturated heterocycles. The van der Waals surface area contributed by atoms with Crippen molar-refractivity contribution in [3.05, 3.63) is 151 Å². The van der Waals surface area contributed by atoms with Crippen LogP contribution in [0.15, 0.2) is 95.2 Å². The normalized spacial score (nSPS) is 16.5. The number of anilines is 1. The average Bonchev–Trinajstić information content (AvgIpc) is 3.33. The van der Waals surface area contributed by atoms with Crippen molar-refractivity contribution < 1.29 is 43.2 Å². The molecule has 2 fully saturated rings. The van der Waals surface area contributed by atoms with E-state index in [1.807, 2.05) is 120 Å². The highest BCUT2D eigenvalue weighted by Gasteiger charge is 2.46. The molecule has 0 bridgehead atoms. The molecule has 440 valence electrons. The fourth-order valence-corrected chi connectivity index (χ4v) is 12.5. The Balaban J connectivity index is 0.754. The van der Waals surface area contributed by atoms with Crippen LogP contribution in [-0.4, -0.2) is 125 Å². The van der Waals surface area contributed by atoms with Crippen LogP contribution in [-0.2, 0) is 38.7 Å².